The Morgan fingerprint density at radius 2 is 0.771 bits per heavy atom. The second kappa shape index (κ2) is 30.9. The van der Waals surface area contributed by atoms with Gasteiger partial charge in [-0.1, -0.05) is 75.7 Å². The van der Waals surface area contributed by atoms with Crippen molar-refractivity contribution >= 4 is 67.8 Å². The third-order valence-corrected chi connectivity index (χ3v) is 24.1. The van der Waals surface area contributed by atoms with Crippen molar-refractivity contribution < 1.29 is 80.3 Å². The van der Waals surface area contributed by atoms with E-state index in [1.54, 1.807) is 72.8 Å². The molecular weight excluding hydrogens is 1360 g/mol. The second-order valence-electron chi connectivity index (χ2n) is 24.2. The van der Waals surface area contributed by atoms with Gasteiger partial charge < -0.3 is 37.9 Å². The first-order valence-electron chi connectivity index (χ1n) is 29.5. The molecule has 0 spiro atoms. The second-order valence-corrected chi connectivity index (χ2v) is 43.2. The summed E-state index contributed by atoms with van der Waals surface area (Å²) in [6, 6.07) is 27.6. The highest BCUT2D eigenvalue weighted by Crippen LogP contribution is 2.42. The van der Waals surface area contributed by atoms with Gasteiger partial charge in [-0.15, -0.1) is 20.4 Å². The van der Waals surface area contributed by atoms with Crippen molar-refractivity contribution in [3.05, 3.63) is 132 Å². The van der Waals surface area contributed by atoms with Crippen LogP contribution in [-0.4, -0.2) is 183 Å². The third kappa shape index (κ3) is 17.9. The fourth-order valence-electron chi connectivity index (χ4n) is 9.95. The van der Waals surface area contributed by atoms with E-state index in [4.69, 9.17) is 37.9 Å². The van der Waals surface area contributed by atoms with Crippen molar-refractivity contribution in [1.29, 1.82) is 0 Å². The van der Waals surface area contributed by atoms with Crippen LogP contribution in [0.2, 0.25) is 51.4 Å². The number of sulfonamides is 2. The maximum Gasteiger partial charge on any atom is 0.246 e. The Labute approximate surface area is 561 Å². The minimum absolute atomic E-state index is 0.00394. The smallest absolute Gasteiger partial charge is 0.246 e. The number of aromatic nitrogens is 8. The fourth-order valence-corrected chi connectivity index (χ4v) is 17.2. The van der Waals surface area contributed by atoms with E-state index in [0.29, 0.717) is 69.6 Å². The molecule has 0 bridgehead atoms. The highest BCUT2D eigenvalue weighted by molar-refractivity contribution is 7.93. The molecule has 26 nitrogen and oxygen atoms in total. The molecule has 8 aromatic rings. The summed E-state index contributed by atoms with van der Waals surface area (Å²) in [5.74, 6) is -0.896. The van der Waals surface area contributed by atoms with E-state index in [0.717, 1.165) is 45.4 Å². The lowest BCUT2D eigenvalue weighted by Crippen LogP contribution is -2.40. The van der Waals surface area contributed by atoms with E-state index < -0.39 is 91.2 Å². The summed E-state index contributed by atoms with van der Waals surface area (Å²) in [6.45, 7) is 12.6. The molecular formula is C62H80F2N10O16S4Si2. The van der Waals surface area contributed by atoms with E-state index in [-0.39, 0.29) is 57.6 Å². The Balaban J connectivity index is 0.000000271. The number of para-hydroxylation sites is 2. The van der Waals surface area contributed by atoms with Crippen molar-refractivity contribution in [1.82, 2.24) is 39.5 Å². The topological polar surface area (TPSA) is 304 Å². The van der Waals surface area contributed by atoms with Gasteiger partial charge in [0.2, 0.25) is 43.7 Å². The van der Waals surface area contributed by atoms with Gasteiger partial charge in [0.05, 0.1) is 76.2 Å². The number of benzene rings is 4. The number of anilines is 2. The van der Waals surface area contributed by atoms with Crippen LogP contribution in [0.25, 0.3) is 34.4 Å². The fraction of sp³-hybridized carbons (Fsp3) is 0.387. The summed E-state index contributed by atoms with van der Waals surface area (Å²) >= 11 is 0. The first-order chi connectivity index (χ1) is 45.1. The van der Waals surface area contributed by atoms with Gasteiger partial charge >= 0.3 is 0 Å². The van der Waals surface area contributed by atoms with Crippen molar-refractivity contribution in [2.45, 2.75) is 73.4 Å². The molecule has 520 valence electrons. The van der Waals surface area contributed by atoms with Crippen LogP contribution in [0.5, 0.6) is 34.8 Å². The van der Waals surface area contributed by atoms with Crippen LogP contribution in [0.15, 0.2) is 119 Å². The van der Waals surface area contributed by atoms with Crippen molar-refractivity contribution in [3.63, 3.8) is 0 Å². The zero-order chi connectivity index (χ0) is 70.9. The van der Waals surface area contributed by atoms with Gasteiger partial charge in [-0.25, -0.2) is 61.0 Å². The number of pyridine rings is 2. The number of ether oxygens (including phenoxy) is 8. The molecule has 34 heteroatoms. The molecule has 0 amide bonds. The summed E-state index contributed by atoms with van der Waals surface area (Å²) in [5, 5.41) is 17.7. The quantitative estimate of drug-likeness (QED) is 0.0378. The maximum atomic E-state index is 14.6. The summed E-state index contributed by atoms with van der Waals surface area (Å²) in [6.07, 6.45) is -0.730. The Hall–Kier alpha value is -8.13. The van der Waals surface area contributed by atoms with Gasteiger partial charge in [0.15, 0.2) is 31.3 Å². The molecule has 0 aliphatic rings. The SMILES string of the molecule is COc1cccc(-c2nnc(N(CC[Si](C)(C)C)S(=O)(=O)C[C@@H](OC)c3ccc(F)cc3S(C)(=O)=O)n2-c2c(OC)cccc2OC)n1.COc1cccc(-c2nnc(N(CC[Si](C)(C)C)S(=O)(=O)C[C@H](OC)c3ccc(F)cc3S(C)(=O)=O)n2-c2c(OC)cccc2OC)n1. The van der Waals surface area contributed by atoms with E-state index in [2.05, 4.69) is 69.6 Å². The molecule has 0 aliphatic carbocycles. The predicted molar refractivity (Wildman–Crippen MR) is 366 cm³/mol. The molecule has 0 saturated carbocycles. The molecule has 96 heavy (non-hydrogen) atoms. The molecule has 0 radical (unpaired) electrons. The molecule has 0 fully saturated rings. The predicted octanol–water partition coefficient (Wildman–Crippen LogP) is 9.52. The largest absolute Gasteiger partial charge is 0.494 e. The average Bonchev–Trinajstić information content (AvgIpc) is 1.54. The Bertz CT molecular complexity index is 4210. The van der Waals surface area contributed by atoms with Crippen LogP contribution in [0.4, 0.5) is 20.7 Å². The summed E-state index contributed by atoms with van der Waals surface area (Å²) < 4.78 is 187. The molecule has 4 aromatic carbocycles. The van der Waals surface area contributed by atoms with Crippen LogP contribution >= 0.6 is 0 Å². The minimum Gasteiger partial charge on any atom is -0.494 e. The molecule has 0 aliphatic heterocycles. The highest BCUT2D eigenvalue weighted by Gasteiger charge is 2.39. The maximum absolute atomic E-state index is 14.6. The molecule has 0 unspecified atom stereocenters. The minimum atomic E-state index is -4.39. The molecule has 2 atom stereocenters. The number of sulfone groups is 2. The van der Waals surface area contributed by atoms with Gasteiger partial charge in [0, 0.05) is 79.2 Å². The van der Waals surface area contributed by atoms with E-state index in [9.17, 15) is 42.5 Å². The third-order valence-electron chi connectivity index (χ3n) is 14.9. The van der Waals surface area contributed by atoms with Crippen molar-refractivity contribution in [2.24, 2.45) is 0 Å². The normalized spacial score (nSPS) is 12.9. The number of halogens is 2. The first-order valence-corrected chi connectivity index (χ1v) is 43.9. The lowest BCUT2D eigenvalue weighted by molar-refractivity contribution is 0.119. The van der Waals surface area contributed by atoms with Gasteiger partial charge in [-0.2, -0.15) is 0 Å². The Morgan fingerprint density at radius 1 is 0.448 bits per heavy atom. The van der Waals surface area contributed by atoms with Crippen LogP contribution in [-0.2, 0) is 49.2 Å². The summed E-state index contributed by atoms with van der Waals surface area (Å²) in [5.41, 5.74) is 1.28. The van der Waals surface area contributed by atoms with Gasteiger partial charge in [-0.05, 0) is 72.8 Å². The van der Waals surface area contributed by atoms with Gasteiger partial charge in [0.1, 0.15) is 57.4 Å². The monoisotopic (exact) mass is 1440 g/mol. The van der Waals surface area contributed by atoms with E-state index >= 15 is 0 Å². The van der Waals surface area contributed by atoms with Crippen LogP contribution in [0.1, 0.15) is 23.3 Å². The molecule has 4 aromatic heterocycles. The average molecular weight is 1440 g/mol. The standard InChI is InChI=1S/2C31H40FN5O8S2Si/c2*1-42-24-12-10-13-25(43-2)29(24)37-30(23-11-9-14-28(33-23)45-4)34-35-31(37)36(17-18-48(6,7)8)47(40,41)20-26(44-3)22-16-15-21(32)19-27(22)46(5,38)39/h2*9-16,19,26H,17-18,20H2,1-8H3/t2*26-/m10/s1. The number of rotatable bonds is 30. The van der Waals surface area contributed by atoms with E-state index in [1.807, 2.05) is 0 Å². The van der Waals surface area contributed by atoms with Crippen LogP contribution in [0, 0.1) is 11.6 Å². The molecule has 0 N–H and O–H groups in total. The summed E-state index contributed by atoms with van der Waals surface area (Å²) in [7, 11) is -9.11. The van der Waals surface area contributed by atoms with Crippen LogP contribution < -0.4 is 37.0 Å². The lowest BCUT2D eigenvalue weighted by atomic mass is 10.1. The van der Waals surface area contributed by atoms with Crippen molar-refractivity contribution in [3.8, 4) is 69.2 Å². The van der Waals surface area contributed by atoms with E-state index in [1.165, 1.54) is 78.1 Å². The molecule has 4 heterocycles. The highest BCUT2D eigenvalue weighted by atomic mass is 32.2. The lowest BCUT2D eigenvalue weighted by Gasteiger charge is -2.29. The first kappa shape index (κ1) is 75.3. The number of hydrogen-bond acceptors (Lipinski definition) is 22. The zero-order valence-electron chi connectivity index (χ0n) is 56.2. The summed E-state index contributed by atoms with van der Waals surface area (Å²) in [4.78, 5) is 8.31. The number of hydrogen-bond donors (Lipinski definition) is 0. The molecule has 8 rings (SSSR count). The van der Waals surface area contributed by atoms with Gasteiger partial charge in [-0.3, -0.25) is 9.13 Å². The Kier molecular flexibility index (Phi) is 24.3. The zero-order valence-corrected chi connectivity index (χ0v) is 61.4. The molecule has 0 saturated heterocycles. The number of nitrogens with zero attached hydrogens (tertiary/aromatic N) is 10. The van der Waals surface area contributed by atoms with Crippen molar-refractivity contribution in [2.75, 3.05) is 103 Å². The Morgan fingerprint density at radius 3 is 1.05 bits per heavy atom. The van der Waals surface area contributed by atoms with Crippen LogP contribution in [0.3, 0.4) is 0 Å². The number of methoxy groups -OCH3 is 8. The van der Waals surface area contributed by atoms with Gasteiger partial charge in [0.25, 0.3) is 0 Å².